The van der Waals surface area contributed by atoms with E-state index in [1.165, 1.54) is 10.5 Å². The van der Waals surface area contributed by atoms with Crippen LogP contribution in [0.15, 0.2) is 29.2 Å². The lowest BCUT2D eigenvalue weighted by Crippen LogP contribution is -2.29. The lowest BCUT2D eigenvalue weighted by Gasteiger charge is -2.04. The Kier molecular flexibility index (Phi) is 5.21. The first-order chi connectivity index (χ1) is 7.24. The fraction of sp³-hybridized carbons (Fsp3) is 0.364. The van der Waals surface area contributed by atoms with Crippen LogP contribution in [0.3, 0.4) is 0 Å². The molecule has 0 aromatic heterocycles. The SMILES string of the molecule is Cc1ccccc1SCCCC(=O)NN. The Morgan fingerprint density at radius 2 is 2.20 bits per heavy atom. The van der Waals surface area contributed by atoms with E-state index in [-0.39, 0.29) is 5.91 Å². The van der Waals surface area contributed by atoms with Crippen molar-refractivity contribution < 1.29 is 4.79 Å². The van der Waals surface area contributed by atoms with Gasteiger partial charge in [0.25, 0.3) is 0 Å². The van der Waals surface area contributed by atoms with Crippen LogP contribution in [0, 0.1) is 6.92 Å². The first-order valence-corrected chi connectivity index (χ1v) is 5.90. The van der Waals surface area contributed by atoms with Gasteiger partial charge in [0.2, 0.25) is 5.91 Å². The van der Waals surface area contributed by atoms with Gasteiger partial charge in [0.1, 0.15) is 0 Å². The van der Waals surface area contributed by atoms with Crippen molar-refractivity contribution >= 4 is 17.7 Å². The number of carbonyl (C=O) groups is 1. The molecule has 0 aliphatic rings. The monoisotopic (exact) mass is 224 g/mol. The van der Waals surface area contributed by atoms with Crippen LogP contribution in [0.4, 0.5) is 0 Å². The summed E-state index contributed by atoms with van der Waals surface area (Å²) in [6, 6.07) is 8.25. The normalized spacial score (nSPS) is 10.0. The highest BCUT2D eigenvalue weighted by Crippen LogP contribution is 2.22. The van der Waals surface area contributed by atoms with Crippen LogP contribution >= 0.6 is 11.8 Å². The number of nitrogens with one attached hydrogen (secondary N) is 1. The molecule has 0 fully saturated rings. The molecule has 1 amide bonds. The Labute approximate surface area is 94.4 Å². The van der Waals surface area contributed by atoms with Crippen LogP contribution < -0.4 is 11.3 Å². The second-order valence-electron chi connectivity index (χ2n) is 3.29. The minimum absolute atomic E-state index is 0.0969. The van der Waals surface area contributed by atoms with Crippen molar-refractivity contribution in [1.29, 1.82) is 0 Å². The van der Waals surface area contributed by atoms with Crippen molar-refractivity contribution in [1.82, 2.24) is 5.43 Å². The summed E-state index contributed by atoms with van der Waals surface area (Å²) >= 11 is 1.78. The molecule has 0 unspecified atom stereocenters. The smallest absolute Gasteiger partial charge is 0.233 e. The second-order valence-corrected chi connectivity index (χ2v) is 4.42. The van der Waals surface area contributed by atoms with Crippen molar-refractivity contribution in [2.45, 2.75) is 24.7 Å². The van der Waals surface area contributed by atoms with E-state index in [9.17, 15) is 4.79 Å². The zero-order valence-corrected chi connectivity index (χ0v) is 9.64. The number of hydrazine groups is 1. The summed E-state index contributed by atoms with van der Waals surface area (Å²) in [7, 11) is 0. The van der Waals surface area contributed by atoms with Crippen molar-refractivity contribution in [2.24, 2.45) is 5.84 Å². The molecule has 1 aromatic rings. The van der Waals surface area contributed by atoms with Gasteiger partial charge in [-0.25, -0.2) is 5.84 Å². The van der Waals surface area contributed by atoms with Gasteiger partial charge in [-0.05, 0) is 30.7 Å². The molecule has 0 atom stereocenters. The van der Waals surface area contributed by atoms with Gasteiger partial charge in [0.15, 0.2) is 0 Å². The number of hydrogen-bond donors (Lipinski definition) is 2. The van der Waals surface area contributed by atoms with Crippen LogP contribution in [0.5, 0.6) is 0 Å². The minimum Gasteiger partial charge on any atom is -0.294 e. The second kappa shape index (κ2) is 6.48. The Morgan fingerprint density at radius 1 is 1.47 bits per heavy atom. The van der Waals surface area contributed by atoms with Gasteiger partial charge in [-0.3, -0.25) is 10.2 Å². The van der Waals surface area contributed by atoms with E-state index in [0.29, 0.717) is 6.42 Å². The molecular formula is C11H16N2OS. The molecule has 4 heteroatoms. The van der Waals surface area contributed by atoms with Gasteiger partial charge < -0.3 is 0 Å². The zero-order valence-electron chi connectivity index (χ0n) is 8.82. The highest BCUT2D eigenvalue weighted by molar-refractivity contribution is 7.99. The Bertz CT molecular complexity index is 328. The maximum atomic E-state index is 10.8. The van der Waals surface area contributed by atoms with Crippen molar-refractivity contribution in [3.05, 3.63) is 29.8 Å². The number of benzene rings is 1. The van der Waals surface area contributed by atoms with E-state index >= 15 is 0 Å². The van der Waals surface area contributed by atoms with Crippen LogP contribution in [0.1, 0.15) is 18.4 Å². The van der Waals surface area contributed by atoms with Crippen molar-refractivity contribution in [3.63, 3.8) is 0 Å². The standard InChI is InChI=1S/C11H16N2OS/c1-9-5-2-3-6-10(9)15-8-4-7-11(14)13-12/h2-3,5-6H,4,7-8,12H2,1H3,(H,13,14). The predicted octanol–water partition coefficient (Wildman–Crippen LogP) is 1.86. The number of hydrogen-bond acceptors (Lipinski definition) is 3. The number of aryl methyl sites for hydroxylation is 1. The molecule has 15 heavy (non-hydrogen) atoms. The van der Waals surface area contributed by atoms with E-state index in [1.54, 1.807) is 11.8 Å². The predicted molar refractivity (Wildman–Crippen MR) is 63.5 cm³/mol. The number of amides is 1. The van der Waals surface area contributed by atoms with E-state index in [2.05, 4.69) is 24.5 Å². The quantitative estimate of drug-likeness (QED) is 0.264. The van der Waals surface area contributed by atoms with Gasteiger partial charge in [-0.2, -0.15) is 0 Å². The highest BCUT2D eigenvalue weighted by atomic mass is 32.2. The molecule has 0 saturated carbocycles. The van der Waals surface area contributed by atoms with Crippen molar-refractivity contribution in [2.75, 3.05) is 5.75 Å². The van der Waals surface area contributed by atoms with Gasteiger partial charge >= 0.3 is 0 Å². The third kappa shape index (κ3) is 4.36. The maximum absolute atomic E-state index is 10.8. The lowest BCUT2D eigenvalue weighted by molar-refractivity contribution is -0.121. The average molecular weight is 224 g/mol. The van der Waals surface area contributed by atoms with E-state index in [4.69, 9.17) is 5.84 Å². The van der Waals surface area contributed by atoms with Crippen LogP contribution in [-0.4, -0.2) is 11.7 Å². The number of nitrogens with two attached hydrogens (primary N) is 1. The number of thioether (sulfide) groups is 1. The Balaban J connectivity index is 2.26. The first kappa shape index (κ1) is 12.1. The Hall–Kier alpha value is -1.00. The van der Waals surface area contributed by atoms with Crippen molar-refractivity contribution in [3.8, 4) is 0 Å². The fourth-order valence-electron chi connectivity index (χ4n) is 1.21. The summed E-state index contributed by atoms with van der Waals surface area (Å²) < 4.78 is 0. The van der Waals surface area contributed by atoms with Crippen LogP contribution in [-0.2, 0) is 4.79 Å². The number of rotatable bonds is 5. The fourth-order valence-corrected chi connectivity index (χ4v) is 2.18. The summed E-state index contributed by atoms with van der Waals surface area (Å²) in [4.78, 5) is 12.1. The number of carbonyl (C=O) groups excluding carboxylic acids is 1. The first-order valence-electron chi connectivity index (χ1n) is 4.92. The van der Waals surface area contributed by atoms with E-state index < -0.39 is 0 Å². The van der Waals surface area contributed by atoms with Crippen LogP contribution in [0.25, 0.3) is 0 Å². The molecule has 0 aliphatic carbocycles. The molecule has 0 radical (unpaired) electrons. The largest absolute Gasteiger partial charge is 0.294 e. The van der Waals surface area contributed by atoms with Crippen LogP contribution in [0.2, 0.25) is 0 Å². The molecule has 0 spiro atoms. The molecular weight excluding hydrogens is 208 g/mol. The van der Waals surface area contributed by atoms with Gasteiger partial charge in [0, 0.05) is 11.3 Å². The molecule has 0 aliphatic heterocycles. The van der Waals surface area contributed by atoms with E-state index in [1.807, 2.05) is 12.1 Å². The molecule has 0 saturated heterocycles. The van der Waals surface area contributed by atoms with Gasteiger partial charge in [-0.15, -0.1) is 11.8 Å². The highest BCUT2D eigenvalue weighted by Gasteiger charge is 2.00. The maximum Gasteiger partial charge on any atom is 0.233 e. The third-order valence-corrected chi connectivity index (χ3v) is 3.32. The minimum atomic E-state index is -0.0969. The zero-order chi connectivity index (χ0) is 11.1. The summed E-state index contributed by atoms with van der Waals surface area (Å²) in [6.07, 6.45) is 1.34. The molecule has 1 rings (SSSR count). The summed E-state index contributed by atoms with van der Waals surface area (Å²) in [5, 5.41) is 0. The molecule has 0 heterocycles. The van der Waals surface area contributed by atoms with Gasteiger partial charge in [-0.1, -0.05) is 18.2 Å². The molecule has 3 N–H and O–H groups in total. The lowest BCUT2D eigenvalue weighted by atomic mass is 10.2. The molecule has 82 valence electrons. The molecule has 3 nitrogen and oxygen atoms in total. The van der Waals surface area contributed by atoms with E-state index in [0.717, 1.165) is 12.2 Å². The molecule has 0 bridgehead atoms. The molecule has 1 aromatic carbocycles. The average Bonchev–Trinajstić information content (AvgIpc) is 2.26. The third-order valence-electron chi connectivity index (χ3n) is 2.06. The summed E-state index contributed by atoms with van der Waals surface area (Å²) in [5.74, 6) is 5.83. The van der Waals surface area contributed by atoms with Gasteiger partial charge in [0.05, 0.1) is 0 Å². The Morgan fingerprint density at radius 3 is 2.87 bits per heavy atom. The summed E-state index contributed by atoms with van der Waals surface area (Å²) in [5.41, 5.74) is 3.41. The summed E-state index contributed by atoms with van der Waals surface area (Å²) in [6.45, 7) is 2.09. The topological polar surface area (TPSA) is 55.1 Å².